The van der Waals surface area contributed by atoms with Crippen LogP contribution in [-0.4, -0.2) is 49.1 Å². The summed E-state index contributed by atoms with van der Waals surface area (Å²) in [5.74, 6) is 0. The molecule has 0 amide bonds. The van der Waals surface area contributed by atoms with Crippen molar-refractivity contribution in [3.8, 4) is 0 Å². The predicted octanol–water partition coefficient (Wildman–Crippen LogP) is 2.37. The van der Waals surface area contributed by atoms with Gasteiger partial charge in [0, 0.05) is 43.3 Å². The smallest absolute Gasteiger partial charge is 0.0409 e. The maximum atomic E-state index is 6.13. The lowest BCUT2D eigenvalue weighted by Gasteiger charge is -2.44. The topological polar surface area (TPSA) is 32.5 Å². The molecule has 3 nitrogen and oxygen atoms in total. The summed E-state index contributed by atoms with van der Waals surface area (Å²) in [6.07, 6.45) is 1.08. The van der Waals surface area contributed by atoms with E-state index in [0.717, 1.165) is 31.1 Å². The van der Waals surface area contributed by atoms with Gasteiger partial charge in [0.1, 0.15) is 0 Å². The fraction of sp³-hybridized carbons (Fsp3) is 0.600. The Labute approximate surface area is 121 Å². The third-order valence-electron chi connectivity index (χ3n) is 4.02. The predicted molar refractivity (Wildman–Crippen MR) is 81.5 cm³/mol. The van der Waals surface area contributed by atoms with Gasteiger partial charge in [0.15, 0.2) is 0 Å². The van der Waals surface area contributed by atoms with Crippen molar-refractivity contribution in [2.75, 3.05) is 33.2 Å². The molecule has 2 rings (SSSR count). The van der Waals surface area contributed by atoms with Crippen LogP contribution in [0.2, 0.25) is 5.02 Å². The van der Waals surface area contributed by atoms with E-state index in [2.05, 4.69) is 35.9 Å². The molecule has 0 bridgehead atoms. The van der Waals surface area contributed by atoms with Gasteiger partial charge in [-0.15, -0.1) is 0 Å². The van der Waals surface area contributed by atoms with E-state index < -0.39 is 0 Å². The Kier molecular flexibility index (Phi) is 5.22. The zero-order chi connectivity index (χ0) is 13.8. The SMILES string of the molecule is CCC(c1cccc(Cl)c1)N1CCN(C)CC1CN. The number of nitrogens with two attached hydrogens (primary N) is 1. The van der Waals surface area contributed by atoms with Gasteiger partial charge in [0.05, 0.1) is 0 Å². The van der Waals surface area contributed by atoms with E-state index in [9.17, 15) is 0 Å². The van der Waals surface area contributed by atoms with E-state index in [1.807, 2.05) is 12.1 Å². The molecule has 19 heavy (non-hydrogen) atoms. The Morgan fingerprint density at radius 2 is 2.21 bits per heavy atom. The molecule has 1 aromatic rings. The number of hydrogen-bond donors (Lipinski definition) is 1. The van der Waals surface area contributed by atoms with E-state index in [4.69, 9.17) is 17.3 Å². The third kappa shape index (κ3) is 3.48. The minimum absolute atomic E-state index is 0.418. The quantitative estimate of drug-likeness (QED) is 0.920. The fourth-order valence-corrected chi connectivity index (χ4v) is 3.22. The van der Waals surface area contributed by atoms with E-state index in [-0.39, 0.29) is 0 Å². The summed E-state index contributed by atoms with van der Waals surface area (Å²) >= 11 is 6.13. The minimum atomic E-state index is 0.418. The molecule has 1 aliphatic rings. The highest BCUT2D eigenvalue weighted by Gasteiger charge is 2.29. The number of halogens is 1. The maximum absolute atomic E-state index is 6.13. The van der Waals surface area contributed by atoms with Crippen LogP contribution in [0.1, 0.15) is 24.9 Å². The molecule has 2 atom stereocenters. The average molecular weight is 282 g/mol. The van der Waals surface area contributed by atoms with Gasteiger partial charge in [-0.1, -0.05) is 30.7 Å². The van der Waals surface area contributed by atoms with E-state index in [0.29, 0.717) is 18.6 Å². The molecule has 0 saturated carbocycles. The van der Waals surface area contributed by atoms with Gasteiger partial charge >= 0.3 is 0 Å². The number of nitrogens with zero attached hydrogens (tertiary/aromatic N) is 2. The first-order valence-electron chi connectivity index (χ1n) is 7.05. The van der Waals surface area contributed by atoms with Crippen LogP contribution in [0.3, 0.4) is 0 Å². The highest BCUT2D eigenvalue weighted by molar-refractivity contribution is 6.30. The van der Waals surface area contributed by atoms with Crippen molar-refractivity contribution in [3.63, 3.8) is 0 Å². The standard InChI is InChI=1S/C15H24ClN3/c1-3-15(12-5-4-6-13(16)9-12)19-8-7-18(2)11-14(19)10-17/h4-6,9,14-15H,3,7-8,10-11,17H2,1-2H3. The van der Waals surface area contributed by atoms with Gasteiger partial charge in [-0.25, -0.2) is 0 Å². The van der Waals surface area contributed by atoms with Crippen molar-refractivity contribution in [2.45, 2.75) is 25.4 Å². The summed E-state index contributed by atoms with van der Waals surface area (Å²) in [6.45, 7) is 6.17. The molecule has 2 unspecified atom stereocenters. The van der Waals surface area contributed by atoms with Crippen molar-refractivity contribution in [3.05, 3.63) is 34.9 Å². The second-order valence-corrected chi connectivity index (χ2v) is 5.81. The highest BCUT2D eigenvalue weighted by Crippen LogP contribution is 2.29. The van der Waals surface area contributed by atoms with E-state index in [1.54, 1.807) is 0 Å². The van der Waals surface area contributed by atoms with Crippen LogP contribution in [0.5, 0.6) is 0 Å². The first kappa shape index (κ1) is 14.8. The number of benzene rings is 1. The Bertz CT molecular complexity index is 410. The summed E-state index contributed by atoms with van der Waals surface area (Å²) in [5, 5.41) is 0.814. The van der Waals surface area contributed by atoms with Gasteiger partial charge < -0.3 is 10.6 Å². The van der Waals surface area contributed by atoms with Crippen molar-refractivity contribution < 1.29 is 0 Å². The molecule has 1 heterocycles. The van der Waals surface area contributed by atoms with Gasteiger partial charge in [-0.05, 0) is 31.2 Å². The molecule has 1 aliphatic heterocycles. The summed E-state index contributed by atoms with van der Waals surface area (Å²) in [7, 11) is 2.17. The molecule has 1 fully saturated rings. The van der Waals surface area contributed by atoms with Crippen LogP contribution in [0, 0.1) is 0 Å². The Morgan fingerprint density at radius 1 is 1.42 bits per heavy atom. The fourth-order valence-electron chi connectivity index (χ4n) is 3.02. The summed E-state index contributed by atoms with van der Waals surface area (Å²) in [6, 6.07) is 9.08. The average Bonchev–Trinajstić information content (AvgIpc) is 2.41. The number of rotatable bonds is 4. The second kappa shape index (κ2) is 6.71. The molecule has 106 valence electrons. The van der Waals surface area contributed by atoms with Crippen LogP contribution in [0.15, 0.2) is 24.3 Å². The highest BCUT2D eigenvalue weighted by atomic mass is 35.5. The molecule has 1 aromatic carbocycles. The monoisotopic (exact) mass is 281 g/mol. The lowest BCUT2D eigenvalue weighted by Crippen LogP contribution is -2.55. The molecule has 0 radical (unpaired) electrons. The first-order valence-corrected chi connectivity index (χ1v) is 7.43. The molecule has 0 aromatic heterocycles. The van der Waals surface area contributed by atoms with Crippen molar-refractivity contribution in [1.82, 2.24) is 9.80 Å². The van der Waals surface area contributed by atoms with Crippen molar-refractivity contribution in [1.29, 1.82) is 0 Å². The summed E-state index contributed by atoms with van der Waals surface area (Å²) < 4.78 is 0. The van der Waals surface area contributed by atoms with Gasteiger partial charge in [-0.2, -0.15) is 0 Å². The van der Waals surface area contributed by atoms with E-state index >= 15 is 0 Å². The van der Waals surface area contributed by atoms with Gasteiger partial charge in [0.25, 0.3) is 0 Å². The number of hydrogen-bond acceptors (Lipinski definition) is 3. The van der Waals surface area contributed by atoms with Crippen molar-refractivity contribution >= 4 is 11.6 Å². The second-order valence-electron chi connectivity index (χ2n) is 5.37. The van der Waals surface area contributed by atoms with Crippen molar-refractivity contribution in [2.24, 2.45) is 5.73 Å². The normalized spacial score (nSPS) is 23.5. The summed E-state index contributed by atoms with van der Waals surface area (Å²) in [5.41, 5.74) is 7.27. The molecular weight excluding hydrogens is 258 g/mol. The molecule has 2 N–H and O–H groups in total. The van der Waals surface area contributed by atoms with Gasteiger partial charge in [0.2, 0.25) is 0 Å². The Balaban J connectivity index is 2.20. The zero-order valence-corrected chi connectivity index (χ0v) is 12.6. The lowest BCUT2D eigenvalue weighted by molar-refractivity contribution is 0.0538. The number of likely N-dealkylation sites (N-methyl/N-ethyl adjacent to an activating group) is 1. The molecular formula is C15H24ClN3. The molecule has 0 spiro atoms. The Hall–Kier alpha value is -0.610. The van der Waals surface area contributed by atoms with Crippen LogP contribution in [0.25, 0.3) is 0 Å². The van der Waals surface area contributed by atoms with Gasteiger partial charge in [-0.3, -0.25) is 4.90 Å². The maximum Gasteiger partial charge on any atom is 0.0409 e. The molecule has 0 aliphatic carbocycles. The largest absolute Gasteiger partial charge is 0.329 e. The molecule has 1 saturated heterocycles. The molecule has 4 heteroatoms. The number of piperazine rings is 1. The van der Waals surface area contributed by atoms with Crippen LogP contribution in [-0.2, 0) is 0 Å². The zero-order valence-electron chi connectivity index (χ0n) is 11.8. The third-order valence-corrected chi connectivity index (χ3v) is 4.26. The van der Waals surface area contributed by atoms with E-state index in [1.165, 1.54) is 5.56 Å². The van der Waals surface area contributed by atoms with Crippen LogP contribution < -0.4 is 5.73 Å². The van der Waals surface area contributed by atoms with Crippen LogP contribution >= 0.6 is 11.6 Å². The first-order chi connectivity index (χ1) is 9.15. The minimum Gasteiger partial charge on any atom is -0.329 e. The van der Waals surface area contributed by atoms with Crippen LogP contribution in [0.4, 0.5) is 0 Å². The Morgan fingerprint density at radius 3 is 2.84 bits per heavy atom. The lowest BCUT2D eigenvalue weighted by atomic mass is 9.99. The summed E-state index contributed by atoms with van der Waals surface area (Å²) in [4.78, 5) is 4.91.